The van der Waals surface area contributed by atoms with Gasteiger partial charge in [-0.05, 0) is 13.8 Å². The fourth-order valence-corrected chi connectivity index (χ4v) is 0.950. The molecule has 0 aliphatic carbocycles. The van der Waals surface area contributed by atoms with Crippen LogP contribution in [0.1, 0.15) is 13.8 Å². The molecule has 0 aromatic heterocycles. The molecule has 0 bridgehead atoms. The van der Waals surface area contributed by atoms with Gasteiger partial charge in [0.25, 0.3) is 0 Å². The van der Waals surface area contributed by atoms with Gasteiger partial charge in [0.1, 0.15) is 5.75 Å². The van der Waals surface area contributed by atoms with Gasteiger partial charge in [0, 0.05) is 0 Å². The molecule has 0 heterocycles. The molecule has 0 aromatic rings. The molecule has 1 unspecified atom stereocenters. The SMILES string of the molecule is C#CCS(=O)OC(C)C. The van der Waals surface area contributed by atoms with Crippen LogP contribution >= 0.6 is 0 Å². The van der Waals surface area contributed by atoms with Crippen molar-refractivity contribution in [2.45, 2.75) is 20.0 Å². The van der Waals surface area contributed by atoms with Crippen LogP contribution in [0.15, 0.2) is 0 Å². The van der Waals surface area contributed by atoms with E-state index >= 15 is 0 Å². The molecule has 3 heteroatoms. The lowest BCUT2D eigenvalue weighted by atomic mass is 10.5. The van der Waals surface area contributed by atoms with Gasteiger partial charge in [0.05, 0.1) is 6.10 Å². The van der Waals surface area contributed by atoms with Crippen LogP contribution in [-0.4, -0.2) is 16.1 Å². The molecule has 0 rings (SSSR count). The number of hydrogen-bond acceptors (Lipinski definition) is 2. The lowest BCUT2D eigenvalue weighted by Crippen LogP contribution is -2.07. The number of hydrogen-bond donors (Lipinski definition) is 0. The van der Waals surface area contributed by atoms with Crippen LogP contribution in [0.4, 0.5) is 0 Å². The molecular weight excluding hydrogens is 136 g/mol. The normalized spacial score (nSPS) is 13.1. The minimum atomic E-state index is -1.29. The summed E-state index contributed by atoms with van der Waals surface area (Å²) in [7, 11) is 0. The summed E-state index contributed by atoms with van der Waals surface area (Å²) in [5, 5.41) is 0. The summed E-state index contributed by atoms with van der Waals surface area (Å²) in [5.74, 6) is 2.43. The Morgan fingerprint density at radius 1 is 1.78 bits per heavy atom. The molecular formula is C6H10O2S. The summed E-state index contributed by atoms with van der Waals surface area (Å²) in [5.41, 5.74) is 0. The Bertz CT molecular complexity index is 134. The average Bonchev–Trinajstić information content (AvgIpc) is 1.63. The first-order valence-electron chi connectivity index (χ1n) is 2.65. The highest BCUT2D eigenvalue weighted by atomic mass is 32.2. The summed E-state index contributed by atoms with van der Waals surface area (Å²) >= 11 is -1.29. The van der Waals surface area contributed by atoms with Crippen LogP contribution in [0.25, 0.3) is 0 Å². The lowest BCUT2D eigenvalue weighted by molar-refractivity contribution is 0.271. The van der Waals surface area contributed by atoms with Gasteiger partial charge in [-0.1, -0.05) is 5.92 Å². The molecule has 0 spiro atoms. The second-order valence-corrected chi connectivity index (χ2v) is 2.89. The summed E-state index contributed by atoms with van der Waals surface area (Å²) in [6.07, 6.45) is 4.87. The van der Waals surface area contributed by atoms with Crippen molar-refractivity contribution in [1.29, 1.82) is 0 Å². The third-order valence-corrected chi connectivity index (χ3v) is 1.50. The van der Waals surface area contributed by atoms with Crippen LogP contribution in [0, 0.1) is 12.3 Å². The van der Waals surface area contributed by atoms with E-state index in [1.165, 1.54) is 0 Å². The van der Waals surface area contributed by atoms with E-state index in [2.05, 4.69) is 5.92 Å². The second-order valence-electron chi connectivity index (χ2n) is 1.80. The van der Waals surface area contributed by atoms with Gasteiger partial charge < -0.3 is 0 Å². The molecule has 1 atom stereocenters. The molecule has 52 valence electrons. The molecule has 0 aliphatic heterocycles. The highest BCUT2D eigenvalue weighted by molar-refractivity contribution is 7.80. The topological polar surface area (TPSA) is 26.3 Å². The van der Waals surface area contributed by atoms with Gasteiger partial charge in [-0.25, -0.2) is 4.21 Å². The molecule has 0 saturated heterocycles. The Balaban J connectivity index is 3.42. The van der Waals surface area contributed by atoms with E-state index in [1.54, 1.807) is 0 Å². The zero-order chi connectivity index (χ0) is 7.28. The standard InChI is InChI=1S/C6H10O2S/c1-4-5-9(7)8-6(2)3/h1,6H,5H2,2-3H3. The van der Waals surface area contributed by atoms with Gasteiger partial charge in [0.15, 0.2) is 11.1 Å². The van der Waals surface area contributed by atoms with E-state index < -0.39 is 11.1 Å². The maximum absolute atomic E-state index is 10.6. The van der Waals surface area contributed by atoms with E-state index in [0.717, 1.165) is 0 Å². The van der Waals surface area contributed by atoms with Crippen LogP contribution in [0.2, 0.25) is 0 Å². The number of terminal acetylenes is 1. The zero-order valence-corrected chi connectivity index (χ0v) is 6.40. The summed E-state index contributed by atoms with van der Waals surface area (Å²) in [6.45, 7) is 3.63. The largest absolute Gasteiger partial charge is 0.287 e. The Hall–Kier alpha value is -0.330. The second kappa shape index (κ2) is 4.54. The van der Waals surface area contributed by atoms with E-state index in [4.69, 9.17) is 10.6 Å². The minimum absolute atomic E-state index is 0.0146. The molecule has 0 saturated carbocycles. The van der Waals surface area contributed by atoms with Crippen molar-refractivity contribution in [2.24, 2.45) is 0 Å². The minimum Gasteiger partial charge on any atom is -0.287 e. The average molecular weight is 146 g/mol. The summed E-state index contributed by atoms with van der Waals surface area (Å²) in [6, 6.07) is 0. The summed E-state index contributed by atoms with van der Waals surface area (Å²) < 4.78 is 15.4. The smallest absolute Gasteiger partial charge is 0.168 e. The first kappa shape index (κ1) is 8.67. The monoisotopic (exact) mass is 146 g/mol. The van der Waals surface area contributed by atoms with Crippen molar-refractivity contribution in [3.63, 3.8) is 0 Å². The van der Waals surface area contributed by atoms with Crippen LogP contribution in [0.3, 0.4) is 0 Å². The van der Waals surface area contributed by atoms with Crippen LogP contribution in [0.5, 0.6) is 0 Å². The van der Waals surface area contributed by atoms with E-state index in [1.807, 2.05) is 13.8 Å². The summed E-state index contributed by atoms with van der Waals surface area (Å²) in [4.78, 5) is 0. The Morgan fingerprint density at radius 3 is 2.67 bits per heavy atom. The van der Waals surface area contributed by atoms with E-state index in [-0.39, 0.29) is 11.9 Å². The van der Waals surface area contributed by atoms with Gasteiger partial charge in [-0.2, -0.15) is 0 Å². The fourth-order valence-electron chi connectivity index (χ4n) is 0.317. The Morgan fingerprint density at radius 2 is 2.33 bits per heavy atom. The molecule has 0 N–H and O–H groups in total. The van der Waals surface area contributed by atoms with Crippen molar-refractivity contribution >= 4 is 11.1 Å². The van der Waals surface area contributed by atoms with E-state index in [9.17, 15) is 4.21 Å². The van der Waals surface area contributed by atoms with Gasteiger partial charge in [-0.15, -0.1) is 6.42 Å². The van der Waals surface area contributed by atoms with Gasteiger partial charge >= 0.3 is 0 Å². The highest BCUT2D eigenvalue weighted by Crippen LogP contribution is 1.91. The predicted molar refractivity (Wildman–Crippen MR) is 38.1 cm³/mol. The lowest BCUT2D eigenvalue weighted by Gasteiger charge is -2.01. The molecule has 0 aliphatic rings. The molecule has 0 amide bonds. The fraction of sp³-hybridized carbons (Fsp3) is 0.667. The van der Waals surface area contributed by atoms with Crippen molar-refractivity contribution < 1.29 is 8.39 Å². The molecule has 9 heavy (non-hydrogen) atoms. The van der Waals surface area contributed by atoms with Crippen molar-refractivity contribution in [3.05, 3.63) is 0 Å². The molecule has 2 nitrogen and oxygen atoms in total. The maximum Gasteiger partial charge on any atom is 0.168 e. The maximum atomic E-state index is 10.6. The first-order chi connectivity index (χ1) is 4.16. The van der Waals surface area contributed by atoms with Crippen LogP contribution in [-0.2, 0) is 15.3 Å². The quantitative estimate of drug-likeness (QED) is 0.548. The molecule has 0 fully saturated rings. The van der Waals surface area contributed by atoms with Crippen molar-refractivity contribution in [3.8, 4) is 12.3 Å². The predicted octanol–water partition coefficient (Wildman–Crippen LogP) is 0.708. The molecule has 0 aromatic carbocycles. The first-order valence-corrected chi connectivity index (χ1v) is 3.90. The Labute approximate surface area is 58.3 Å². The molecule has 0 radical (unpaired) electrons. The third kappa shape index (κ3) is 5.54. The zero-order valence-electron chi connectivity index (χ0n) is 5.59. The van der Waals surface area contributed by atoms with Gasteiger partial charge in [0.2, 0.25) is 0 Å². The highest BCUT2D eigenvalue weighted by Gasteiger charge is 1.99. The Kier molecular flexibility index (Phi) is 4.37. The third-order valence-electron chi connectivity index (χ3n) is 0.501. The number of rotatable bonds is 3. The van der Waals surface area contributed by atoms with Crippen molar-refractivity contribution in [2.75, 3.05) is 5.75 Å². The van der Waals surface area contributed by atoms with Crippen molar-refractivity contribution in [1.82, 2.24) is 0 Å². The van der Waals surface area contributed by atoms with E-state index in [0.29, 0.717) is 0 Å². The van der Waals surface area contributed by atoms with Crippen LogP contribution < -0.4 is 0 Å². The van der Waals surface area contributed by atoms with Gasteiger partial charge in [-0.3, -0.25) is 4.18 Å².